The predicted molar refractivity (Wildman–Crippen MR) is 119 cm³/mol. The standard InChI is InChI=1S/C22H30N4O3S/c1-5-11-28-17-10-8-9-16(14-17)19-18(20(27)29-12-6-2)15(4)23-21-24-22(25-26(19)21)30-13-7-3/h8-10,14,19H,5-7,11-13H2,1-4H3,(H,23,24,25). The Labute approximate surface area is 182 Å². The molecule has 3 rings (SSSR count). The second kappa shape index (κ2) is 10.5. The number of carbonyl (C=O) groups is 1. The summed E-state index contributed by atoms with van der Waals surface area (Å²) in [5.74, 6) is 2.00. The zero-order valence-electron chi connectivity index (χ0n) is 18.1. The molecule has 0 amide bonds. The number of hydrogen-bond acceptors (Lipinski definition) is 7. The van der Waals surface area contributed by atoms with Crippen molar-refractivity contribution in [3.05, 3.63) is 41.1 Å². The number of nitrogens with one attached hydrogen (secondary N) is 1. The highest BCUT2D eigenvalue weighted by Crippen LogP contribution is 2.37. The van der Waals surface area contributed by atoms with Crippen LogP contribution in [-0.2, 0) is 9.53 Å². The molecule has 1 unspecified atom stereocenters. The lowest BCUT2D eigenvalue weighted by Crippen LogP contribution is -2.29. The molecule has 2 aromatic rings. The molecule has 2 heterocycles. The average Bonchev–Trinajstić information content (AvgIpc) is 3.15. The first kappa shape index (κ1) is 22.2. The molecule has 0 saturated heterocycles. The van der Waals surface area contributed by atoms with E-state index in [1.807, 2.05) is 38.1 Å². The number of esters is 1. The molecule has 1 aromatic carbocycles. The van der Waals surface area contributed by atoms with Crippen molar-refractivity contribution in [1.29, 1.82) is 0 Å². The Hall–Kier alpha value is -2.48. The summed E-state index contributed by atoms with van der Waals surface area (Å²) in [6, 6.07) is 7.39. The van der Waals surface area contributed by atoms with Crippen LogP contribution in [0.5, 0.6) is 5.75 Å². The summed E-state index contributed by atoms with van der Waals surface area (Å²) in [6.07, 6.45) is 2.73. The van der Waals surface area contributed by atoms with E-state index in [-0.39, 0.29) is 5.97 Å². The highest BCUT2D eigenvalue weighted by molar-refractivity contribution is 7.99. The van der Waals surface area contributed by atoms with Gasteiger partial charge in [-0.2, -0.15) is 4.98 Å². The van der Waals surface area contributed by atoms with E-state index in [4.69, 9.17) is 14.6 Å². The molecule has 1 N–H and O–H groups in total. The number of anilines is 1. The summed E-state index contributed by atoms with van der Waals surface area (Å²) < 4.78 is 13.1. The summed E-state index contributed by atoms with van der Waals surface area (Å²) >= 11 is 1.61. The highest BCUT2D eigenvalue weighted by atomic mass is 32.2. The minimum absolute atomic E-state index is 0.337. The van der Waals surface area contributed by atoms with Crippen LogP contribution in [0.4, 0.5) is 5.95 Å². The Morgan fingerprint density at radius 3 is 2.73 bits per heavy atom. The van der Waals surface area contributed by atoms with Gasteiger partial charge in [-0.25, -0.2) is 9.48 Å². The summed E-state index contributed by atoms with van der Waals surface area (Å²) in [5, 5.41) is 8.64. The monoisotopic (exact) mass is 430 g/mol. The molecule has 0 spiro atoms. The Kier molecular flexibility index (Phi) is 7.79. The quantitative estimate of drug-likeness (QED) is 0.428. The topological polar surface area (TPSA) is 78.3 Å². The number of thioether (sulfide) groups is 1. The second-order valence-electron chi connectivity index (χ2n) is 7.13. The van der Waals surface area contributed by atoms with Crippen molar-refractivity contribution in [2.24, 2.45) is 0 Å². The first-order valence-electron chi connectivity index (χ1n) is 10.6. The van der Waals surface area contributed by atoms with E-state index in [1.165, 1.54) is 0 Å². The normalized spacial score (nSPS) is 15.5. The van der Waals surface area contributed by atoms with Crippen LogP contribution < -0.4 is 10.1 Å². The van der Waals surface area contributed by atoms with Gasteiger partial charge in [-0.15, -0.1) is 5.10 Å². The third-order valence-electron chi connectivity index (χ3n) is 4.57. The van der Waals surface area contributed by atoms with E-state index >= 15 is 0 Å². The Bertz CT molecular complexity index is 910. The molecule has 7 nitrogen and oxygen atoms in total. The second-order valence-corrected chi connectivity index (χ2v) is 8.20. The molecular weight excluding hydrogens is 400 g/mol. The summed E-state index contributed by atoms with van der Waals surface area (Å²) in [6.45, 7) is 9.07. The molecule has 0 fully saturated rings. The van der Waals surface area contributed by atoms with Gasteiger partial charge in [0, 0.05) is 11.4 Å². The first-order valence-corrected chi connectivity index (χ1v) is 11.5. The van der Waals surface area contributed by atoms with Gasteiger partial charge in [-0.05, 0) is 43.9 Å². The maximum atomic E-state index is 13.0. The Balaban J connectivity index is 2.04. The lowest BCUT2D eigenvalue weighted by atomic mass is 9.95. The van der Waals surface area contributed by atoms with Gasteiger partial charge in [0.25, 0.3) is 0 Å². The number of allylic oxidation sites excluding steroid dienone is 1. The van der Waals surface area contributed by atoms with Crippen LogP contribution in [0.15, 0.2) is 40.7 Å². The molecule has 8 heteroatoms. The van der Waals surface area contributed by atoms with Gasteiger partial charge in [0.05, 0.1) is 18.8 Å². The van der Waals surface area contributed by atoms with Crippen LogP contribution in [0.25, 0.3) is 0 Å². The van der Waals surface area contributed by atoms with E-state index in [1.54, 1.807) is 16.4 Å². The fourth-order valence-corrected chi connectivity index (χ4v) is 3.91. The lowest BCUT2D eigenvalue weighted by molar-refractivity contribution is -0.139. The average molecular weight is 431 g/mol. The smallest absolute Gasteiger partial charge is 0.338 e. The van der Waals surface area contributed by atoms with E-state index in [0.717, 1.165) is 42.0 Å². The third-order valence-corrected chi connectivity index (χ3v) is 5.62. The van der Waals surface area contributed by atoms with Crippen molar-refractivity contribution in [3.8, 4) is 5.75 Å². The number of carbonyl (C=O) groups excluding carboxylic acids is 1. The van der Waals surface area contributed by atoms with Crippen molar-refractivity contribution in [2.45, 2.75) is 58.2 Å². The summed E-state index contributed by atoms with van der Waals surface area (Å²) in [5.41, 5.74) is 2.18. The molecule has 0 saturated carbocycles. The van der Waals surface area contributed by atoms with Crippen molar-refractivity contribution in [1.82, 2.24) is 14.8 Å². The fourth-order valence-electron chi connectivity index (χ4n) is 3.23. The number of nitrogens with zero attached hydrogens (tertiary/aromatic N) is 3. The lowest BCUT2D eigenvalue weighted by Gasteiger charge is -2.28. The minimum Gasteiger partial charge on any atom is -0.494 e. The fraction of sp³-hybridized carbons (Fsp3) is 0.500. The number of benzene rings is 1. The van der Waals surface area contributed by atoms with Crippen molar-refractivity contribution in [3.63, 3.8) is 0 Å². The molecule has 0 bridgehead atoms. The van der Waals surface area contributed by atoms with Crippen LogP contribution in [0.3, 0.4) is 0 Å². The maximum absolute atomic E-state index is 13.0. The molecule has 162 valence electrons. The van der Waals surface area contributed by atoms with Crippen LogP contribution in [0.1, 0.15) is 58.6 Å². The van der Waals surface area contributed by atoms with Crippen LogP contribution in [0, 0.1) is 0 Å². The van der Waals surface area contributed by atoms with Crippen molar-refractivity contribution in [2.75, 3.05) is 24.3 Å². The molecule has 1 aliphatic rings. The van der Waals surface area contributed by atoms with E-state index in [9.17, 15) is 4.79 Å². The van der Waals surface area contributed by atoms with E-state index < -0.39 is 6.04 Å². The van der Waals surface area contributed by atoms with Crippen molar-refractivity contribution < 1.29 is 14.3 Å². The van der Waals surface area contributed by atoms with Crippen LogP contribution >= 0.6 is 11.8 Å². The zero-order chi connectivity index (χ0) is 21.5. The van der Waals surface area contributed by atoms with Gasteiger partial charge in [-0.3, -0.25) is 0 Å². The van der Waals surface area contributed by atoms with Gasteiger partial charge < -0.3 is 14.8 Å². The number of ether oxygens (including phenoxy) is 2. The van der Waals surface area contributed by atoms with Gasteiger partial charge in [0.2, 0.25) is 11.1 Å². The number of aromatic nitrogens is 3. The van der Waals surface area contributed by atoms with Crippen LogP contribution in [-0.4, -0.2) is 39.7 Å². The summed E-state index contributed by atoms with van der Waals surface area (Å²) in [4.78, 5) is 17.6. The van der Waals surface area contributed by atoms with Crippen molar-refractivity contribution >= 4 is 23.7 Å². The van der Waals surface area contributed by atoms with Gasteiger partial charge in [0.1, 0.15) is 11.8 Å². The largest absolute Gasteiger partial charge is 0.494 e. The molecule has 0 radical (unpaired) electrons. The zero-order valence-corrected chi connectivity index (χ0v) is 18.9. The van der Waals surface area contributed by atoms with E-state index in [2.05, 4.69) is 24.1 Å². The first-order chi connectivity index (χ1) is 14.6. The maximum Gasteiger partial charge on any atom is 0.338 e. The Morgan fingerprint density at radius 2 is 2.00 bits per heavy atom. The van der Waals surface area contributed by atoms with Gasteiger partial charge in [-0.1, -0.05) is 44.7 Å². The van der Waals surface area contributed by atoms with E-state index in [0.29, 0.717) is 29.9 Å². The molecule has 0 aliphatic carbocycles. The SMILES string of the molecule is CCCOC(=O)C1=C(C)Nc2nc(SCCC)nn2C1c1cccc(OCCC)c1. The number of rotatable bonds is 10. The van der Waals surface area contributed by atoms with Crippen LogP contribution in [0.2, 0.25) is 0 Å². The highest BCUT2D eigenvalue weighted by Gasteiger charge is 2.35. The third kappa shape index (κ3) is 4.98. The van der Waals surface area contributed by atoms with Gasteiger partial charge in [0.15, 0.2) is 0 Å². The summed E-state index contributed by atoms with van der Waals surface area (Å²) in [7, 11) is 0. The molecule has 1 aliphatic heterocycles. The number of fused-ring (bicyclic) bond motifs is 1. The van der Waals surface area contributed by atoms with Gasteiger partial charge >= 0.3 is 5.97 Å². The Morgan fingerprint density at radius 1 is 1.20 bits per heavy atom. The predicted octanol–water partition coefficient (Wildman–Crippen LogP) is 4.81. The molecule has 30 heavy (non-hydrogen) atoms. The number of hydrogen-bond donors (Lipinski definition) is 1. The molecular formula is C22H30N4O3S. The molecule has 1 atom stereocenters. The minimum atomic E-state index is -0.431. The molecule has 1 aromatic heterocycles.